The van der Waals surface area contributed by atoms with E-state index in [1.54, 1.807) is 18.7 Å². The summed E-state index contributed by atoms with van der Waals surface area (Å²) in [6.07, 6.45) is 2.97. The van der Waals surface area contributed by atoms with Crippen molar-refractivity contribution >= 4 is 17.9 Å². The number of carbonyl (C=O) groups is 3. The first-order valence-corrected chi connectivity index (χ1v) is 6.61. The highest BCUT2D eigenvalue weighted by Crippen LogP contribution is 2.24. The maximum absolute atomic E-state index is 11.8. The Bertz CT molecular complexity index is 360. The molecule has 0 aromatic rings. The van der Waals surface area contributed by atoms with Crippen LogP contribution in [0.2, 0.25) is 0 Å². The normalized spacial score (nSPS) is 16.0. The third kappa shape index (κ3) is 5.72. The Labute approximate surface area is 113 Å². The number of nitrogens with one attached hydrogen (secondary N) is 1. The van der Waals surface area contributed by atoms with Crippen molar-refractivity contribution < 1.29 is 19.5 Å². The van der Waals surface area contributed by atoms with Gasteiger partial charge >= 0.3 is 12.0 Å². The molecule has 1 saturated heterocycles. The zero-order valence-electron chi connectivity index (χ0n) is 11.6. The summed E-state index contributed by atoms with van der Waals surface area (Å²) in [6, 6.07) is -0.365. The number of hydrogen-bond acceptors (Lipinski definition) is 3. The van der Waals surface area contributed by atoms with Gasteiger partial charge in [0.05, 0.1) is 6.42 Å². The fraction of sp³-hybridized carbons (Fsp3) is 0.769. The van der Waals surface area contributed by atoms with Crippen LogP contribution in [0, 0.1) is 5.41 Å². The zero-order valence-corrected chi connectivity index (χ0v) is 11.6. The van der Waals surface area contributed by atoms with E-state index < -0.39 is 17.3 Å². The van der Waals surface area contributed by atoms with E-state index >= 15 is 0 Å². The number of amides is 3. The second kappa shape index (κ2) is 6.54. The molecule has 1 rings (SSSR count). The predicted molar refractivity (Wildman–Crippen MR) is 69.6 cm³/mol. The van der Waals surface area contributed by atoms with Crippen molar-refractivity contribution in [2.75, 3.05) is 13.1 Å². The highest BCUT2D eigenvalue weighted by molar-refractivity contribution is 5.94. The van der Waals surface area contributed by atoms with Gasteiger partial charge in [-0.15, -0.1) is 0 Å². The van der Waals surface area contributed by atoms with Gasteiger partial charge in [-0.05, 0) is 24.7 Å². The number of carbonyl (C=O) groups excluding carboxylic acids is 2. The number of nitrogens with zero attached hydrogens (tertiary/aromatic N) is 1. The molecule has 0 radical (unpaired) electrons. The van der Waals surface area contributed by atoms with Crippen LogP contribution in [0.4, 0.5) is 4.79 Å². The van der Waals surface area contributed by atoms with Crippen LogP contribution in [-0.2, 0) is 9.59 Å². The molecule has 6 nitrogen and oxygen atoms in total. The van der Waals surface area contributed by atoms with Gasteiger partial charge in [0.1, 0.15) is 0 Å². The maximum atomic E-state index is 11.8. The lowest BCUT2D eigenvalue weighted by atomic mass is 9.85. The lowest BCUT2D eigenvalue weighted by Crippen LogP contribution is -2.46. The van der Waals surface area contributed by atoms with Gasteiger partial charge in [-0.25, -0.2) is 4.79 Å². The summed E-state index contributed by atoms with van der Waals surface area (Å²) in [5.41, 5.74) is -0.655. The van der Waals surface area contributed by atoms with E-state index in [1.165, 1.54) is 0 Å². The molecule has 0 saturated carbocycles. The van der Waals surface area contributed by atoms with Crippen LogP contribution >= 0.6 is 0 Å². The molecule has 1 aliphatic heterocycles. The summed E-state index contributed by atoms with van der Waals surface area (Å²) < 4.78 is 0. The van der Waals surface area contributed by atoms with Crippen molar-refractivity contribution in [2.45, 2.75) is 46.0 Å². The molecule has 6 heteroatoms. The van der Waals surface area contributed by atoms with Gasteiger partial charge < -0.3 is 10.0 Å². The second-order valence-corrected chi connectivity index (χ2v) is 5.81. The third-order valence-corrected chi connectivity index (χ3v) is 3.16. The van der Waals surface area contributed by atoms with E-state index in [2.05, 4.69) is 5.32 Å². The van der Waals surface area contributed by atoms with Gasteiger partial charge in [0.15, 0.2) is 0 Å². The molecule has 1 aliphatic rings. The van der Waals surface area contributed by atoms with Crippen molar-refractivity contribution in [3.05, 3.63) is 0 Å². The SMILES string of the molecule is CC(C)(CC(=O)O)CC(=O)NC(=O)N1CCCCC1. The molecular formula is C13H22N2O4. The van der Waals surface area contributed by atoms with E-state index in [0.29, 0.717) is 13.1 Å². The topological polar surface area (TPSA) is 86.7 Å². The third-order valence-electron chi connectivity index (χ3n) is 3.16. The smallest absolute Gasteiger partial charge is 0.324 e. The van der Waals surface area contributed by atoms with E-state index in [0.717, 1.165) is 19.3 Å². The minimum absolute atomic E-state index is 0.0267. The Kier molecular flexibility index (Phi) is 5.32. The fourth-order valence-corrected chi connectivity index (χ4v) is 2.25. The fourth-order valence-electron chi connectivity index (χ4n) is 2.25. The monoisotopic (exact) mass is 270 g/mol. The Hall–Kier alpha value is -1.59. The number of hydrogen-bond donors (Lipinski definition) is 2. The number of piperidine rings is 1. The molecule has 19 heavy (non-hydrogen) atoms. The van der Waals surface area contributed by atoms with Gasteiger partial charge in [0, 0.05) is 19.5 Å². The largest absolute Gasteiger partial charge is 0.481 e. The molecule has 1 fully saturated rings. The average molecular weight is 270 g/mol. The van der Waals surface area contributed by atoms with Gasteiger partial charge in [0.2, 0.25) is 5.91 Å². The molecule has 0 bridgehead atoms. The first-order valence-electron chi connectivity index (χ1n) is 6.61. The quantitative estimate of drug-likeness (QED) is 0.812. The molecule has 108 valence electrons. The van der Waals surface area contributed by atoms with Gasteiger partial charge in [-0.2, -0.15) is 0 Å². The van der Waals surface area contributed by atoms with Crippen LogP contribution in [0.1, 0.15) is 46.0 Å². The minimum Gasteiger partial charge on any atom is -0.481 e. The number of carboxylic acids is 1. The Morgan fingerprint density at radius 1 is 1.11 bits per heavy atom. The molecule has 1 heterocycles. The van der Waals surface area contributed by atoms with Crippen molar-refractivity contribution in [3.63, 3.8) is 0 Å². The molecule has 0 spiro atoms. The van der Waals surface area contributed by atoms with Gasteiger partial charge in [-0.1, -0.05) is 13.8 Å². The van der Waals surface area contributed by atoms with Crippen molar-refractivity contribution in [3.8, 4) is 0 Å². The van der Waals surface area contributed by atoms with Crippen LogP contribution in [0.3, 0.4) is 0 Å². The van der Waals surface area contributed by atoms with Crippen LogP contribution in [0.25, 0.3) is 0 Å². The summed E-state index contributed by atoms with van der Waals surface area (Å²) in [4.78, 5) is 35.8. The zero-order chi connectivity index (χ0) is 14.5. The second-order valence-electron chi connectivity index (χ2n) is 5.81. The van der Waals surface area contributed by atoms with Crippen molar-refractivity contribution in [1.82, 2.24) is 10.2 Å². The van der Waals surface area contributed by atoms with Crippen LogP contribution in [-0.4, -0.2) is 41.0 Å². The maximum Gasteiger partial charge on any atom is 0.324 e. The van der Waals surface area contributed by atoms with Gasteiger partial charge in [-0.3, -0.25) is 14.9 Å². The minimum atomic E-state index is -0.944. The van der Waals surface area contributed by atoms with E-state index in [9.17, 15) is 14.4 Å². The molecule has 0 unspecified atom stereocenters. The van der Waals surface area contributed by atoms with Crippen molar-refractivity contribution in [2.24, 2.45) is 5.41 Å². The van der Waals surface area contributed by atoms with E-state index in [1.807, 2.05) is 0 Å². The number of likely N-dealkylation sites (tertiary alicyclic amines) is 1. The molecule has 0 atom stereocenters. The van der Waals surface area contributed by atoms with E-state index in [4.69, 9.17) is 5.11 Å². The number of carboxylic acid groups (broad SMARTS) is 1. The molecule has 2 N–H and O–H groups in total. The summed E-state index contributed by atoms with van der Waals surface area (Å²) >= 11 is 0. The standard InChI is InChI=1S/C13H22N2O4/c1-13(2,9-11(17)18)8-10(16)14-12(19)15-6-4-3-5-7-15/h3-9H2,1-2H3,(H,17,18)(H,14,16,19). The summed E-state index contributed by atoms with van der Waals surface area (Å²) in [5, 5.41) is 11.1. The number of aliphatic carboxylic acids is 1. The number of urea groups is 1. The Morgan fingerprint density at radius 2 is 1.68 bits per heavy atom. The summed E-state index contributed by atoms with van der Waals surface area (Å²) in [7, 11) is 0. The molecule has 0 aliphatic carbocycles. The number of rotatable bonds is 4. The lowest BCUT2D eigenvalue weighted by Gasteiger charge is -2.27. The average Bonchev–Trinajstić information content (AvgIpc) is 2.27. The Morgan fingerprint density at radius 3 is 2.21 bits per heavy atom. The molecule has 0 aromatic heterocycles. The highest BCUT2D eigenvalue weighted by Gasteiger charge is 2.27. The van der Waals surface area contributed by atoms with Gasteiger partial charge in [0.25, 0.3) is 0 Å². The Balaban J connectivity index is 2.41. The first kappa shape index (κ1) is 15.5. The molecular weight excluding hydrogens is 248 g/mol. The lowest BCUT2D eigenvalue weighted by molar-refractivity contribution is -0.139. The summed E-state index contributed by atoms with van der Waals surface area (Å²) in [5.74, 6) is -1.36. The molecule has 3 amide bonds. The van der Waals surface area contributed by atoms with Crippen LogP contribution in [0.5, 0.6) is 0 Å². The van der Waals surface area contributed by atoms with Crippen LogP contribution in [0.15, 0.2) is 0 Å². The highest BCUT2D eigenvalue weighted by atomic mass is 16.4. The van der Waals surface area contributed by atoms with E-state index in [-0.39, 0.29) is 18.9 Å². The predicted octanol–water partition coefficient (Wildman–Crippen LogP) is 1.60. The molecule has 0 aromatic carbocycles. The van der Waals surface area contributed by atoms with Crippen molar-refractivity contribution in [1.29, 1.82) is 0 Å². The number of imide groups is 1. The first-order chi connectivity index (χ1) is 8.80. The van der Waals surface area contributed by atoms with Crippen LogP contribution < -0.4 is 5.32 Å². The summed E-state index contributed by atoms with van der Waals surface area (Å²) in [6.45, 7) is 4.76.